The number of nitrogens with one attached hydrogen (secondary N) is 2. The number of thiazole rings is 1. The van der Waals surface area contributed by atoms with Gasteiger partial charge >= 0.3 is 0 Å². The van der Waals surface area contributed by atoms with Crippen molar-refractivity contribution in [3.05, 3.63) is 29.3 Å². The Bertz CT molecular complexity index is 586. The summed E-state index contributed by atoms with van der Waals surface area (Å²) in [7, 11) is 2.19. The van der Waals surface area contributed by atoms with Crippen molar-refractivity contribution < 1.29 is 9.69 Å². The van der Waals surface area contributed by atoms with Crippen molar-refractivity contribution in [2.45, 2.75) is 12.8 Å². The van der Waals surface area contributed by atoms with Crippen LogP contribution in [0.2, 0.25) is 0 Å². The Morgan fingerprint density at radius 3 is 2.90 bits per heavy atom. The molecule has 3 rings (SSSR count). The maximum Gasteiger partial charge on any atom is 0.234 e. The van der Waals surface area contributed by atoms with Crippen molar-refractivity contribution in [3.8, 4) is 0 Å². The normalized spacial score (nSPS) is 17.2. The van der Waals surface area contributed by atoms with E-state index in [0.29, 0.717) is 12.8 Å². The lowest BCUT2D eigenvalue weighted by Gasteiger charge is -2.30. The van der Waals surface area contributed by atoms with E-state index in [1.165, 1.54) is 9.60 Å². The molecule has 2 N–H and O–H groups in total. The van der Waals surface area contributed by atoms with Gasteiger partial charge in [-0.2, -0.15) is 0 Å². The van der Waals surface area contributed by atoms with E-state index in [1.54, 1.807) is 11.3 Å². The first-order valence-corrected chi connectivity index (χ1v) is 8.22. The number of hydrogen-bond donors (Lipinski definition) is 2. The largest absolute Gasteiger partial charge is 0.335 e. The van der Waals surface area contributed by atoms with Gasteiger partial charge in [0.05, 0.1) is 48.5 Å². The second kappa shape index (κ2) is 6.51. The molecule has 1 aromatic heterocycles. The third-order valence-corrected chi connectivity index (χ3v) is 4.90. The second-order valence-corrected chi connectivity index (χ2v) is 6.67. The van der Waals surface area contributed by atoms with Crippen molar-refractivity contribution in [3.63, 3.8) is 0 Å². The number of hydrazine groups is 1. The molecule has 0 unspecified atom stereocenters. The Labute approximate surface area is 128 Å². The number of hydrogen-bond acceptors (Lipinski definition) is 4. The van der Waals surface area contributed by atoms with E-state index in [2.05, 4.69) is 23.5 Å². The lowest BCUT2D eigenvalue weighted by Crippen LogP contribution is -3.12. The number of aryl methyl sites for hydroxylation is 1. The summed E-state index contributed by atoms with van der Waals surface area (Å²) in [5.41, 5.74) is 4.03. The summed E-state index contributed by atoms with van der Waals surface area (Å²) in [6.07, 6.45) is 1.21. The third-order valence-electron chi connectivity index (χ3n) is 3.80. The van der Waals surface area contributed by atoms with Crippen molar-refractivity contribution in [2.75, 3.05) is 33.2 Å². The number of nitrogens with zero attached hydrogens (tertiary/aromatic N) is 2. The van der Waals surface area contributed by atoms with Gasteiger partial charge in [-0.3, -0.25) is 10.2 Å². The number of fused-ring (bicyclic) bond motifs is 1. The van der Waals surface area contributed by atoms with Gasteiger partial charge in [0.25, 0.3) is 0 Å². The summed E-state index contributed by atoms with van der Waals surface area (Å²) in [5.74, 6) is 0.0915. The summed E-state index contributed by atoms with van der Waals surface area (Å²) >= 11 is 1.68. The van der Waals surface area contributed by atoms with Crippen LogP contribution in [0.5, 0.6) is 0 Å². The van der Waals surface area contributed by atoms with Crippen LogP contribution in [0.3, 0.4) is 0 Å². The van der Waals surface area contributed by atoms with Crippen molar-refractivity contribution in [2.24, 2.45) is 0 Å². The van der Waals surface area contributed by atoms with Crippen LogP contribution in [0.1, 0.15) is 11.4 Å². The minimum absolute atomic E-state index is 0.0915. The van der Waals surface area contributed by atoms with Crippen LogP contribution in [0.25, 0.3) is 10.2 Å². The number of carbonyl (C=O) groups is 1. The molecule has 6 heteroatoms. The first kappa shape index (κ1) is 14.4. The molecule has 1 amide bonds. The highest BCUT2D eigenvalue weighted by molar-refractivity contribution is 7.18. The van der Waals surface area contributed by atoms with Crippen LogP contribution in [0.4, 0.5) is 0 Å². The predicted molar refractivity (Wildman–Crippen MR) is 84.3 cm³/mol. The highest BCUT2D eigenvalue weighted by Crippen LogP contribution is 2.22. The summed E-state index contributed by atoms with van der Waals surface area (Å²) in [6.45, 7) is 4.02. The number of aromatic nitrogens is 1. The number of likely N-dealkylation sites (N-methyl/N-ethyl adjacent to an activating group) is 1. The maximum atomic E-state index is 12.0. The molecule has 0 atom stereocenters. The van der Waals surface area contributed by atoms with Crippen LogP contribution < -0.4 is 10.3 Å². The Kier molecular flexibility index (Phi) is 4.48. The average Bonchev–Trinajstić information content (AvgIpc) is 2.90. The topological polar surface area (TPSA) is 49.7 Å². The molecule has 0 saturated carbocycles. The number of benzene rings is 1. The molecular weight excluding hydrogens is 284 g/mol. The highest BCUT2D eigenvalue weighted by Gasteiger charge is 2.18. The van der Waals surface area contributed by atoms with E-state index in [-0.39, 0.29) is 5.91 Å². The number of amides is 1. The van der Waals surface area contributed by atoms with Crippen LogP contribution in [0, 0.1) is 0 Å². The lowest BCUT2D eigenvalue weighted by molar-refractivity contribution is -0.884. The average molecular weight is 305 g/mol. The van der Waals surface area contributed by atoms with Crippen LogP contribution in [-0.2, 0) is 11.2 Å². The Morgan fingerprint density at radius 2 is 2.14 bits per heavy atom. The molecule has 21 heavy (non-hydrogen) atoms. The zero-order valence-corrected chi connectivity index (χ0v) is 13.1. The van der Waals surface area contributed by atoms with Gasteiger partial charge < -0.3 is 4.90 Å². The number of para-hydroxylation sites is 1. The highest BCUT2D eigenvalue weighted by atomic mass is 32.1. The van der Waals surface area contributed by atoms with Crippen LogP contribution in [-0.4, -0.2) is 49.1 Å². The first-order chi connectivity index (χ1) is 10.2. The maximum absolute atomic E-state index is 12.0. The quantitative estimate of drug-likeness (QED) is 0.842. The standard InChI is InChI=1S/C15H20N4OS/c1-18-8-10-19(11-9-18)17-14(20)6-7-15-16-12-4-2-3-5-13(12)21-15/h2-5H,6-11H2,1H3,(H,17,20)/p+1. The molecule has 1 aliphatic rings. The fraction of sp³-hybridized carbons (Fsp3) is 0.467. The van der Waals surface area contributed by atoms with Crippen LogP contribution in [0.15, 0.2) is 24.3 Å². The van der Waals surface area contributed by atoms with Crippen LogP contribution >= 0.6 is 11.3 Å². The molecule has 2 aromatic rings. The lowest BCUT2D eigenvalue weighted by atomic mass is 10.3. The molecule has 1 fully saturated rings. The van der Waals surface area contributed by atoms with E-state index < -0.39 is 0 Å². The minimum atomic E-state index is 0.0915. The zero-order valence-electron chi connectivity index (χ0n) is 12.3. The second-order valence-electron chi connectivity index (χ2n) is 5.55. The Morgan fingerprint density at radius 1 is 1.38 bits per heavy atom. The van der Waals surface area contributed by atoms with Gasteiger partial charge in [-0.1, -0.05) is 12.1 Å². The van der Waals surface area contributed by atoms with Gasteiger partial charge in [-0.25, -0.2) is 9.99 Å². The molecule has 1 aromatic carbocycles. The monoisotopic (exact) mass is 305 g/mol. The van der Waals surface area contributed by atoms with Crippen molar-refractivity contribution in [1.82, 2.24) is 15.4 Å². The van der Waals surface area contributed by atoms with E-state index >= 15 is 0 Å². The summed E-state index contributed by atoms with van der Waals surface area (Å²) in [5, 5.41) is 3.07. The van der Waals surface area contributed by atoms with Crippen molar-refractivity contribution >= 4 is 27.5 Å². The van der Waals surface area contributed by atoms with Gasteiger partial charge in [0, 0.05) is 12.8 Å². The molecule has 0 spiro atoms. The molecule has 1 saturated heterocycles. The fourth-order valence-electron chi connectivity index (χ4n) is 2.48. The van der Waals surface area contributed by atoms with Crippen molar-refractivity contribution in [1.29, 1.82) is 0 Å². The molecule has 112 valence electrons. The molecule has 2 heterocycles. The van der Waals surface area contributed by atoms with E-state index in [0.717, 1.165) is 36.7 Å². The van der Waals surface area contributed by atoms with E-state index in [9.17, 15) is 4.79 Å². The molecule has 0 radical (unpaired) electrons. The van der Waals surface area contributed by atoms with E-state index in [1.807, 2.05) is 23.2 Å². The number of quaternary nitrogens is 1. The molecular formula is C15H21N4OS+. The molecule has 5 nitrogen and oxygen atoms in total. The smallest absolute Gasteiger partial charge is 0.234 e. The van der Waals surface area contributed by atoms with Gasteiger partial charge in [-0.15, -0.1) is 11.3 Å². The van der Waals surface area contributed by atoms with Gasteiger partial charge in [0.2, 0.25) is 5.91 Å². The number of carbonyl (C=O) groups excluding carboxylic acids is 1. The number of piperazine rings is 1. The summed E-state index contributed by atoms with van der Waals surface area (Å²) < 4.78 is 1.19. The number of rotatable bonds is 4. The Hall–Kier alpha value is -1.50. The molecule has 0 aliphatic carbocycles. The van der Waals surface area contributed by atoms with Gasteiger partial charge in [0.15, 0.2) is 0 Å². The predicted octanol–water partition coefficient (Wildman–Crippen LogP) is 0.0904. The molecule has 1 aliphatic heterocycles. The summed E-state index contributed by atoms with van der Waals surface area (Å²) in [4.78, 5) is 18.1. The fourth-order valence-corrected chi connectivity index (χ4v) is 3.45. The van der Waals surface area contributed by atoms with Gasteiger partial charge in [0.1, 0.15) is 0 Å². The van der Waals surface area contributed by atoms with Gasteiger partial charge in [-0.05, 0) is 12.1 Å². The SMILES string of the molecule is C[NH+]1CCN(NC(=O)CCc2nc3ccccc3s2)CC1. The Balaban J connectivity index is 1.49. The first-order valence-electron chi connectivity index (χ1n) is 7.41. The van der Waals surface area contributed by atoms with E-state index in [4.69, 9.17) is 0 Å². The third kappa shape index (κ3) is 3.78. The zero-order chi connectivity index (χ0) is 14.7. The minimum Gasteiger partial charge on any atom is -0.335 e. The molecule has 0 bridgehead atoms. The summed E-state index contributed by atoms with van der Waals surface area (Å²) in [6, 6.07) is 8.10.